The third-order valence-corrected chi connectivity index (χ3v) is 4.68. The van der Waals surface area contributed by atoms with E-state index in [4.69, 9.17) is 0 Å². The van der Waals surface area contributed by atoms with E-state index in [-0.39, 0.29) is 30.3 Å². The fourth-order valence-corrected chi connectivity index (χ4v) is 3.18. The summed E-state index contributed by atoms with van der Waals surface area (Å²) < 4.78 is 0. The molecule has 6 heteroatoms. The number of hydrogen-bond donors (Lipinski definition) is 3. The van der Waals surface area contributed by atoms with Crippen molar-refractivity contribution in [3.05, 3.63) is 22.4 Å². The lowest BCUT2D eigenvalue weighted by molar-refractivity contribution is -0.121. The van der Waals surface area contributed by atoms with Gasteiger partial charge in [-0.05, 0) is 24.3 Å². The van der Waals surface area contributed by atoms with Gasteiger partial charge in [-0.25, -0.2) is 0 Å². The topological polar surface area (TPSA) is 78.4 Å². The zero-order valence-corrected chi connectivity index (χ0v) is 12.8. The lowest BCUT2D eigenvalue weighted by Crippen LogP contribution is -2.38. The van der Waals surface area contributed by atoms with Gasteiger partial charge in [0.15, 0.2) is 0 Å². The van der Waals surface area contributed by atoms with Gasteiger partial charge in [-0.2, -0.15) is 0 Å². The molecular formula is C15H22N2O3S. The predicted octanol–water partition coefficient (Wildman–Crippen LogP) is 1.54. The summed E-state index contributed by atoms with van der Waals surface area (Å²) >= 11 is 1.38. The average Bonchev–Trinajstić information content (AvgIpc) is 3.00. The molecule has 1 aromatic heterocycles. The van der Waals surface area contributed by atoms with Gasteiger partial charge in [0.05, 0.1) is 11.0 Å². The molecule has 1 aliphatic rings. The number of carbonyl (C=O) groups is 2. The summed E-state index contributed by atoms with van der Waals surface area (Å²) in [7, 11) is 0. The van der Waals surface area contributed by atoms with Crippen LogP contribution in [-0.4, -0.2) is 36.1 Å². The number of amides is 2. The highest BCUT2D eigenvalue weighted by atomic mass is 32.1. The van der Waals surface area contributed by atoms with Crippen LogP contribution in [0.2, 0.25) is 0 Å². The molecule has 1 aromatic rings. The number of aliphatic hydroxyl groups excluding tert-OH is 1. The zero-order valence-electron chi connectivity index (χ0n) is 12.0. The second-order valence-electron chi connectivity index (χ2n) is 5.40. The van der Waals surface area contributed by atoms with E-state index in [1.807, 2.05) is 11.4 Å². The summed E-state index contributed by atoms with van der Waals surface area (Å²) in [5, 5.41) is 17.2. The van der Waals surface area contributed by atoms with Crippen LogP contribution in [0.15, 0.2) is 17.5 Å². The molecule has 1 saturated carbocycles. The van der Waals surface area contributed by atoms with Crippen molar-refractivity contribution in [1.82, 2.24) is 10.6 Å². The van der Waals surface area contributed by atoms with Crippen LogP contribution in [0.25, 0.3) is 0 Å². The van der Waals surface area contributed by atoms with Crippen molar-refractivity contribution in [1.29, 1.82) is 0 Å². The maximum absolute atomic E-state index is 11.7. The summed E-state index contributed by atoms with van der Waals surface area (Å²) in [5.41, 5.74) is 0. The number of rotatable bonds is 6. The Labute approximate surface area is 128 Å². The standard InChI is InChI=1S/C15H22N2O3S/c18-12-5-2-1-4-11(12)10-17-14(19)7-8-16-15(20)13-6-3-9-21-13/h3,6,9,11-12,18H,1-2,4-5,7-8,10H2,(H,16,20)(H,17,19). The predicted molar refractivity (Wildman–Crippen MR) is 82.2 cm³/mol. The summed E-state index contributed by atoms with van der Waals surface area (Å²) in [6.07, 6.45) is 3.96. The first-order valence-electron chi connectivity index (χ1n) is 7.43. The van der Waals surface area contributed by atoms with Crippen LogP contribution < -0.4 is 10.6 Å². The lowest BCUT2D eigenvalue weighted by Gasteiger charge is -2.27. The molecular weight excluding hydrogens is 288 g/mol. The summed E-state index contributed by atoms with van der Waals surface area (Å²) in [6.45, 7) is 0.856. The van der Waals surface area contributed by atoms with Gasteiger partial charge >= 0.3 is 0 Å². The fourth-order valence-electron chi connectivity index (χ4n) is 2.54. The largest absolute Gasteiger partial charge is 0.393 e. The fraction of sp³-hybridized carbons (Fsp3) is 0.600. The van der Waals surface area contributed by atoms with Crippen LogP contribution in [0, 0.1) is 5.92 Å². The first kappa shape index (κ1) is 16.0. The Morgan fingerprint density at radius 2 is 2.10 bits per heavy atom. The number of nitrogens with one attached hydrogen (secondary N) is 2. The van der Waals surface area contributed by atoms with Crippen molar-refractivity contribution in [3.8, 4) is 0 Å². The summed E-state index contributed by atoms with van der Waals surface area (Å²) in [6, 6.07) is 3.58. The number of aliphatic hydroxyl groups is 1. The molecule has 3 N–H and O–H groups in total. The van der Waals surface area contributed by atoms with E-state index in [9.17, 15) is 14.7 Å². The second kappa shape index (κ2) is 8.14. The van der Waals surface area contributed by atoms with Crippen molar-refractivity contribution in [2.24, 2.45) is 5.92 Å². The Morgan fingerprint density at radius 1 is 1.29 bits per heavy atom. The second-order valence-corrected chi connectivity index (χ2v) is 6.35. The summed E-state index contributed by atoms with van der Waals surface area (Å²) in [4.78, 5) is 24.0. The van der Waals surface area contributed by atoms with Crippen LogP contribution in [-0.2, 0) is 4.79 Å². The van der Waals surface area contributed by atoms with Crippen molar-refractivity contribution >= 4 is 23.2 Å². The molecule has 2 amide bonds. The van der Waals surface area contributed by atoms with Crippen LogP contribution in [0.4, 0.5) is 0 Å². The Bertz CT molecular complexity index is 461. The van der Waals surface area contributed by atoms with E-state index in [1.165, 1.54) is 11.3 Å². The highest BCUT2D eigenvalue weighted by molar-refractivity contribution is 7.12. The summed E-state index contributed by atoms with van der Waals surface area (Å²) in [5.74, 6) is -0.0526. The minimum Gasteiger partial charge on any atom is -0.393 e. The van der Waals surface area contributed by atoms with Gasteiger partial charge in [0.2, 0.25) is 5.91 Å². The third kappa shape index (κ3) is 5.13. The number of thiophene rings is 1. The molecule has 2 unspecified atom stereocenters. The maximum atomic E-state index is 11.7. The van der Waals surface area contributed by atoms with E-state index in [0.717, 1.165) is 25.7 Å². The van der Waals surface area contributed by atoms with Crippen molar-refractivity contribution in [2.45, 2.75) is 38.2 Å². The number of hydrogen-bond acceptors (Lipinski definition) is 4. The quantitative estimate of drug-likeness (QED) is 0.746. The molecule has 0 bridgehead atoms. The monoisotopic (exact) mass is 310 g/mol. The van der Waals surface area contributed by atoms with Crippen molar-refractivity contribution in [2.75, 3.05) is 13.1 Å². The highest BCUT2D eigenvalue weighted by Crippen LogP contribution is 2.23. The molecule has 0 aromatic carbocycles. The molecule has 0 spiro atoms. The average molecular weight is 310 g/mol. The van der Waals surface area contributed by atoms with Crippen molar-refractivity contribution < 1.29 is 14.7 Å². The minimum absolute atomic E-state index is 0.0840. The van der Waals surface area contributed by atoms with Gasteiger partial charge in [-0.1, -0.05) is 18.9 Å². The van der Waals surface area contributed by atoms with Crippen LogP contribution in [0.5, 0.6) is 0 Å². The molecule has 0 radical (unpaired) electrons. The zero-order chi connectivity index (χ0) is 15.1. The molecule has 2 atom stereocenters. The SMILES string of the molecule is O=C(CCNC(=O)c1cccs1)NCC1CCCCC1O. The van der Waals surface area contributed by atoms with Gasteiger partial charge in [0, 0.05) is 25.4 Å². The molecule has 5 nitrogen and oxygen atoms in total. The third-order valence-electron chi connectivity index (χ3n) is 3.81. The maximum Gasteiger partial charge on any atom is 0.261 e. The Hall–Kier alpha value is -1.40. The molecule has 2 rings (SSSR count). The van der Waals surface area contributed by atoms with Gasteiger partial charge in [-0.15, -0.1) is 11.3 Å². The van der Waals surface area contributed by atoms with E-state index < -0.39 is 0 Å². The van der Waals surface area contributed by atoms with Crippen molar-refractivity contribution in [3.63, 3.8) is 0 Å². The Kier molecular flexibility index (Phi) is 6.20. The lowest BCUT2D eigenvalue weighted by atomic mass is 9.86. The molecule has 1 aliphatic carbocycles. The Morgan fingerprint density at radius 3 is 2.81 bits per heavy atom. The van der Waals surface area contributed by atoms with E-state index in [0.29, 0.717) is 18.0 Å². The first-order valence-corrected chi connectivity index (χ1v) is 8.31. The molecule has 0 saturated heterocycles. The van der Waals surface area contributed by atoms with Gasteiger partial charge in [0.25, 0.3) is 5.91 Å². The molecule has 1 heterocycles. The molecule has 116 valence electrons. The number of carbonyl (C=O) groups excluding carboxylic acids is 2. The van der Waals surface area contributed by atoms with Crippen LogP contribution >= 0.6 is 11.3 Å². The smallest absolute Gasteiger partial charge is 0.261 e. The van der Waals surface area contributed by atoms with E-state index in [2.05, 4.69) is 10.6 Å². The minimum atomic E-state index is -0.294. The molecule has 1 fully saturated rings. The first-order chi connectivity index (χ1) is 10.2. The van der Waals surface area contributed by atoms with Gasteiger partial charge < -0.3 is 15.7 Å². The van der Waals surface area contributed by atoms with Crippen LogP contribution in [0.1, 0.15) is 41.8 Å². The van der Waals surface area contributed by atoms with E-state index in [1.54, 1.807) is 6.07 Å². The molecule has 0 aliphatic heterocycles. The van der Waals surface area contributed by atoms with E-state index >= 15 is 0 Å². The normalized spacial score (nSPS) is 21.8. The van der Waals surface area contributed by atoms with Gasteiger partial charge in [-0.3, -0.25) is 9.59 Å². The Balaban J connectivity index is 1.60. The van der Waals surface area contributed by atoms with Crippen LogP contribution in [0.3, 0.4) is 0 Å². The highest BCUT2D eigenvalue weighted by Gasteiger charge is 2.23. The molecule has 21 heavy (non-hydrogen) atoms. The van der Waals surface area contributed by atoms with Gasteiger partial charge in [0.1, 0.15) is 0 Å².